The Kier molecular flexibility index (Phi) is 2.75. The highest BCUT2D eigenvalue weighted by atomic mass is 14.8. The van der Waals surface area contributed by atoms with Crippen LogP contribution in [0, 0.1) is 13.8 Å². The normalized spacial score (nSPS) is 10.5. The minimum absolute atomic E-state index is 0.991. The van der Waals surface area contributed by atoms with Crippen LogP contribution in [0.1, 0.15) is 11.1 Å². The first-order valence-electron chi connectivity index (χ1n) is 3.80. The van der Waals surface area contributed by atoms with E-state index in [0.29, 0.717) is 0 Å². The van der Waals surface area contributed by atoms with Gasteiger partial charge >= 0.3 is 0 Å². The number of aryl methyl sites for hydroxylation is 2. The van der Waals surface area contributed by atoms with Gasteiger partial charge in [0.2, 0.25) is 0 Å². The molecule has 12 heavy (non-hydrogen) atoms. The molecule has 0 saturated carbocycles. The van der Waals surface area contributed by atoms with Gasteiger partial charge in [0.05, 0.1) is 5.69 Å². The fraction of sp³-hybridized carbons (Fsp3) is 0.200. The van der Waals surface area contributed by atoms with Gasteiger partial charge in [0.25, 0.3) is 0 Å². The summed E-state index contributed by atoms with van der Waals surface area (Å²) in [4.78, 5) is 7.74. The van der Waals surface area contributed by atoms with Crippen molar-refractivity contribution in [3.63, 3.8) is 0 Å². The van der Waals surface area contributed by atoms with Crippen LogP contribution in [0.5, 0.6) is 0 Å². The van der Waals surface area contributed by atoms with E-state index < -0.39 is 0 Å². The zero-order valence-electron chi connectivity index (χ0n) is 7.41. The summed E-state index contributed by atoms with van der Waals surface area (Å²) in [5.74, 6) is 0. The molecule has 1 aromatic carbocycles. The Bertz CT molecular complexity index is 293. The summed E-state index contributed by atoms with van der Waals surface area (Å²) in [5.41, 5.74) is 3.31. The van der Waals surface area contributed by atoms with Gasteiger partial charge in [-0.1, -0.05) is 18.2 Å². The molecule has 0 aliphatic carbocycles. The van der Waals surface area contributed by atoms with Gasteiger partial charge in [0, 0.05) is 0 Å². The van der Waals surface area contributed by atoms with Crippen LogP contribution in [0.25, 0.3) is 0 Å². The predicted octanol–water partition coefficient (Wildman–Crippen LogP) is 2.66. The molecule has 0 aromatic heterocycles. The van der Waals surface area contributed by atoms with E-state index >= 15 is 0 Å². The monoisotopic (exact) mass is 160 g/mol. The average molecular weight is 160 g/mol. The van der Waals surface area contributed by atoms with E-state index in [-0.39, 0.29) is 0 Å². The van der Waals surface area contributed by atoms with Gasteiger partial charge in [-0.25, -0.2) is 4.99 Å². The van der Waals surface area contributed by atoms with Crippen molar-refractivity contribution in [3.05, 3.63) is 29.3 Å². The first-order chi connectivity index (χ1) is 5.75. The van der Waals surface area contributed by atoms with Gasteiger partial charge < -0.3 is 0 Å². The van der Waals surface area contributed by atoms with Crippen LogP contribution in [-0.4, -0.2) is 13.1 Å². The van der Waals surface area contributed by atoms with Crippen molar-refractivity contribution in [2.45, 2.75) is 13.8 Å². The smallest absolute Gasteiger partial charge is 0.115 e. The van der Waals surface area contributed by atoms with E-state index in [1.807, 2.05) is 32.0 Å². The molecule has 0 unspecified atom stereocenters. The van der Waals surface area contributed by atoms with Crippen molar-refractivity contribution in [1.29, 1.82) is 0 Å². The Hall–Kier alpha value is -1.44. The number of benzene rings is 1. The zero-order chi connectivity index (χ0) is 8.97. The second-order valence-corrected chi connectivity index (χ2v) is 2.67. The summed E-state index contributed by atoms with van der Waals surface area (Å²) in [7, 11) is 0. The molecule has 0 aliphatic rings. The summed E-state index contributed by atoms with van der Waals surface area (Å²) in [6, 6.07) is 6.08. The zero-order valence-corrected chi connectivity index (χ0v) is 7.41. The molecule has 0 saturated heterocycles. The first-order valence-corrected chi connectivity index (χ1v) is 3.80. The number of hydrogen-bond acceptors (Lipinski definition) is 1. The standard InChI is InChI=1S/C10H12N2/c1-8-5-4-6-9(2)10(8)12-7-11-3/h4-7H,3H2,1-2H3/b12-7-. The number of para-hydroxylation sites is 1. The Morgan fingerprint density at radius 2 is 1.83 bits per heavy atom. The maximum atomic E-state index is 4.17. The molecule has 0 radical (unpaired) electrons. The third kappa shape index (κ3) is 1.78. The minimum atomic E-state index is 0.991. The summed E-state index contributed by atoms with van der Waals surface area (Å²) >= 11 is 0. The maximum Gasteiger partial charge on any atom is 0.115 e. The number of hydrogen-bond donors (Lipinski definition) is 0. The molecule has 0 heterocycles. The van der Waals surface area contributed by atoms with Crippen LogP contribution in [0.4, 0.5) is 5.69 Å². The van der Waals surface area contributed by atoms with Gasteiger partial charge in [0.1, 0.15) is 6.34 Å². The number of rotatable bonds is 2. The first kappa shape index (κ1) is 8.65. The molecule has 0 aliphatic heterocycles. The highest BCUT2D eigenvalue weighted by Gasteiger charge is 1.97. The average Bonchev–Trinajstić information content (AvgIpc) is 2.04. The Labute approximate surface area is 72.7 Å². The molecule has 2 nitrogen and oxygen atoms in total. The van der Waals surface area contributed by atoms with Crippen molar-refractivity contribution >= 4 is 18.7 Å². The third-order valence-electron chi connectivity index (χ3n) is 1.71. The molecule has 0 bridgehead atoms. The molecule has 1 aromatic rings. The lowest BCUT2D eigenvalue weighted by Crippen LogP contribution is -1.79. The molecule has 0 N–H and O–H groups in total. The molecule has 0 amide bonds. The lowest BCUT2D eigenvalue weighted by atomic mass is 10.1. The molecular formula is C10H12N2. The van der Waals surface area contributed by atoms with Crippen LogP contribution in [-0.2, 0) is 0 Å². The second kappa shape index (κ2) is 3.81. The van der Waals surface area contributed by atoms with Gasteiger partial charge in [-0.05, 0) is 31.7 Å². The van der Waals surface area contributed by atoms with E-state index in [4.69, 9.17) is 0 Å². The van der Waals surface area contributed by atoms with Crippen LogP contribution >= 0.6 is 0 Å². The molecule has 2 heteroatoms. The van der Waals surface area contributed by atoms with Gasteiger partial charge in [-0.3, -0.25) is 4.99 Å². The topological polar surface area (TPSA) is 24.7 Å². The van der Waals surface area contributed by atoms with E-state index in [0.717, 1.165) is 16.8 Å². The maximum absolute atomic E-state index is 4.17. The van der Waals surface area contributed by atoms with E-state index in [1.54, 1.807) is 0 Å². The van der Waals surface area contributed by atoms with Crippen molar-refractivity contribution in [2.24, 2.45) is 9.98 Å². The summed E-state index contributed by atoms with van der Waals surface area (Å²) in [5, 5.41) is 0. The lowest BCUT2D eigenvalue weighted by Gasteiger charge is -2.01. The van der Waals surface area contributed by atoms with Gasteiger partial charge in [-0.15, -0.1) is 0 Å². The van der Waals surface area contributed by atoms with Crippen molar-refractivity contribution in [3.8, 4) is 0 Å². The fourth-order valence-corrected chi connectivity index (χ4v) is 1.11. The predicted molar refractivity (Wildman–Crippen MR) is 53.6 cm³/mol. The lowest BCUT2D eigenvalue weighted by molar-refractivity contribution is 1.33. The van der Waals surface area contributed by atoms with Crippen molar-refractivity contribution in [2.75, 3.05) is 0 Å². The van der Waals surface area contributed by atoms with Gasteiger partial charge in [-0.2, -0.15) is 0 Å². The SMILES string of the molecule is C=N/C=N\c1c(C)cccc1C. The Balaban J connectivity index is 3.12. The molecule has 0 spiro atoms. The highest BCUT2D eigenvalue weighted by Crippen LogP contribution is 2.22. The molecule has 0 atom stereocenters. The molecule has 1 rings (SSSR count). The third-order valence-corrected chi connectivity index (χ3v) is 1.71. The Morgan fingerprint density at radius 1 is 1.25 bits per heavy atom. The van der Waals surface area contributed by atoms with E-state index in [1.165, 1.54) is 6.34 Å². The Morgan fingerprint density at radius 3 is 2.33 bits per heavy atom. The van der Waals surface area contributed by atoms with Gasteiger partial charge in [0.15, 0.2) is 0 Å². The molecule has 0 fully saturated rings. The summed E-state index contributed by atoms with van der Waals surface area (Å²) in [6.07, 6.45) is 1.47. The summed E-state index contributed by atoms with van der Waals surface area (Å²) < 4.78 is 0. The molecule has 62 valence electrons. The van der Waals surface area contributed by atoms with Crippen LogP contribution in [0.3, 0.4) is 0 Å². The quantitative estimate of drug-likeness (QED) is 0.469. The summed E-state index contributed by atoms with van der Waals surface area (Å²) in [6.45, 7) is 7.40. The highest BCUT2D eigenvalue weighted by molar-refractivity contribution is 5.68. The minimum Gasteiger partial charge on any atom is -0.253 e. The molecular weight excluding hydrogens is 148 g/mol. The van der Waals surface area contributed by atoms with Crippen LogP contribution in [0.15, 0.2) is 28.2 Å². The second-order valence-electron chi connectivity index (χ2n) is 2.67. The largest absolute Gasteiger partial charge is 0.253 e. The van der Waals surface area contributed by atoms with E-state index in [9.17, 15) is 0 Å². The van der Waals surface area contributed by atoms with Crippen LogP contribution < -0.4 is 0 Å². The van der Waals surface area contributed by atoms with Crippen LogP contribution in [0.2, 0.25) is 0 Å². The number of nitrogens with zero attached hydrogens (tertiary/aromatic N) is 2. The van der Waals surface area contributed by atoms with Crippen molar-refractivity contribution < 1.29 is 0 Å². The fourth-order valence-electron chi connectivity index (χ4n) is 1.11. The number of aliphatic imine (C=N–C) groups is 2. The van der Waals surface area contributed by atoms with Crippen molar-refractivity contribution in [1.82, 2.24) is 0 Å². The van der Waals surface area contributed by atoms with E-state index in [2.05, 4.69) is 16.7 Å².